The van der Waals surface area contributed by atoms with Crippen molar-refractivity contribution in [3.8, 4) is 23.0 Å². The van der Waals surface area contributed by atoms with Crippen molar-refractivity contribution >= 4 is 40.9 Å². The van der Waals surface area contributed by atoms with Gasteiger partial charge in [-0.2, -0.15) is 0 Å². The van der Waals surface area contributed by atoms with E-state index in [9.17, 15) is 9.59 Å². The monoisotopic (exact) mass is 575 g/mol. The number of nitrogens with zero attached hydrogens (tertiary/aromatic N) is 1. The molecule has 3 aromatic rings. The molecule has 214 valence electrons. The Morgan fingerprint density at radius 1 is 0.927 bits per heavy atom. The normalized spacial score (nSPS) is 13.6. The van der Waals surface area contributed by atoms with E-state index < -0.39 is 0 Å². The summed E-state index contributed by atoms with van der Waals surface area (Å²) in [6.45, 7) is 5.14. The third kappa shape index (κ3) is 7.76. The molecule has 9 nitrogen and oxygen atoms in total. The summed E-state index contributed by atoms with van der Waals surface area (Å²) in [5.74, 6) is 1.69. The lowest BCUT2D eigenvalue weighted by Gasteiger charge is -2.16. The molecule has 0 aliphatic carbocycles. The highest BCUT2D eigenvalue weighted by Crippen LogP contribution is 2.30. The molecule has 1 aliphatic rings. The summed E-state index contributed by atoms with van der Waals surface area (Å²) < 4.78 is 22.5. The Morgan fingerprint density at radius 3 is 2.37 bits per heavy atom. The number of hydrogen-bond acceptors (Lipinski definition) is 7. The minimum Gasteiger partial charge on any atom is -0.493 e. The van der Waals surface area contributed by atoms with Crippen LogP contribution in [0.2, 0.25) is 0 Å². The number of carbonyl (C=O) groups is 2. The van der Waals surface area contributed by atoms with Crippen LogP contribution >= 0.6 is 12.2 Å². The van der Waals surface area contributed by atoms with E-state index >= 15 is 0 Å². The Morgan fingerprint density at radius 2 is 1.63 bits per heavy atom. The van der Waals surface area contributed by atoms with Gasteiger partial charge in [0, 0.05) is 12.2 Å². The fraction of sp³-hybridized carbons (Fsp3) is 0.258. The number of anilines is 1. The maximum Gasteiger partial charge on any atom is 0.276 e. The van der Waals surface area contributed by atoms with Gasteiger partial charge >= 0.3 is 0 Å². The van der Waals surface area contributed by atoms with Crippen molar-refractivity contribution < 1.29 is 28.5 Å². The first kappa shape index (κ1) is 29.4. The van der Waals surface area contributed by atoms with Crippen LogP contribution in [0.3, 0.4) is 0 Å². The molecule has 1 fully saturated rings. The van der Waals surface area contributed by atoms with Crippen LogP contribution in [-0.2, 0) is 16.0 Å². The Labute approximate surface area is 245 Å². The topological polar surface area (TPSA) is 98.4 Å². The van der Waals surface area contributed by atoms with Crippen molar-refractivity contribution in [2.75, 3.05) is 38.8 Å². The molecule has 0 radical (unpaired) electrons. The van der Waals surface area contributed by atoms with Gasteiger partial charge in [-0.15, -0.1) is 0 Å². The number of rotatable bonds is 13. The number of benzene rings is 3. The molecule has 10 heteroatoms. The van der Waals surface area contributed by atoms with E-state index in [1.165, 1.54) is 12.0 Å². The summed E-state index contributed by atoms with van der Waals surface area (Å²) in [5, 5.41) is 6.12. The average Bonchev–Trinajstić information content (AvgIpc) is 3.24. The lowest BCUT2D eigenvalue weighted by Crippen LogP contribution is -2.32. The summed E-state index contributed by atoms with van der Waals surface area (Å²) in [6.07, 6.45) is 2.29. The third-order valence-electron chi connectivity index (χ3n) is 6.11. The molecule has 1 aliphatic heterocycles. The zero-order valence-electron chi connectivity index (χ0n) is 23.3. The lowest BCUT2D eigenvalue weighted by atomic mass is 10.1. The van der Waals surface area contributed by atoms with Gasteiger partial charge in [0.1, 0.15) is 5.70 Å². The van der Waals surface area contributed by atoms with Gasteiger partial charge < -0.3 is 29.6 Å². The summed E-state index contributed by atoms with van der Waals surface area (Å²) in [6, 6.07) is 20.1. The van der Waals surface area contributed by atoms with Crippen LogP contribution in [0, 0.1) is 0 Å². The highest BCUT2D eigenvalue weighted by molar-refractivity contribution is 7.80. The fourth-order valence-corrected chi connectivity index (χ4v) is 4.47. The second-order valence-electron chi connectivity index (χ2n) is 8.96. The molecule has 3 aromatic carbocycles. The molecule has 41 heavy (non-hydrogen) atoms. The van der Waals surface area contributed by atoms with Crippen LogP contribution in [-0.4, -0.2) is 55.3 Å². The number of carbonyl (C=O) groups excluding carboxylic acids is 2. The Kier molecular flexibility index (Phi) is 10.2. The molecule has 0 atom stereocenters. The SMILES string of the molecule is CCOc1ccc(CCN2C(=O)/C(=C\c3ccc(OCC(=O)Nc4ccccc4)c(OC)c3)NC2=S)cc1OCC. The van der Waals surface area contributed by atoms with E-state index in [0.29, 0.717) is 71.2 Å². The molecule has 0 aromatic heterocycles. The molecule has 2 amide bonds. The van der Waals surface area contributed by atoms with Crippen LogP contribution in [0.4, 0.5) is 5.69 Å². The van der Waals surface area contributed by atoms with E-state index in [-0.39, 0.29) is 18.4 Å². The second kappa shape index (κ2) is 14.2. The molecule has 1 saturated heterocycles. The molecular formula is C31H33N3O6S. The van der Waals surface area contributed by atoms with Crippen molar-refractivity contribution in [3.63, 3.8) is 0 Å². The second-order valence-corrected chi connectivity index (χ2v) is 9.34. The number of para-hydroxylation sites is 1. The van der Waals surface area contributed by atoms with Gasteiger partial charge in [0.15, 0.2) is 34.7 Å². The van der Waals surface area contributed by atoms with Gasteiger partial charge in [0.2, 0.25) is 0 Å². The van der Waals surface area contributed by atoms with Gasteiger partial charge in [-0.25, -0.2) is 0 Å². The largest absolute Gasteiger partial charge is 0.493 e. The Balaban J connectivity index is 1.38. The molecule has 0 spiro atoms. The van der Waals surface area contributed by atoms with E-state index in [2.05, 4.69) is 10.6 Å². The Hall–Kier alpha value is -4.57. The minimum absolute atomic E-state index is 0.185. The van der Waals surface area contributed by atoms with Gasteiger partial charge in [-0.1, -0.05) is 30.3 Å². The molecule has 2 N–H and O–H groups in total. The Bertz CT molecular complexity index is 1430. The number of hydrogen-bond donors (Lipinski definition) is 2. The first-order chi connectivity index (χ1) is 19.9. The first-order valence-corrected chi connectivity index (χ1v) is 13.7. The summed E-state index contributed by atoms with van der Waals surface area (Å²) in [4.78, 5) is 27.0. The van der Waals surface area contributed by atoms with Crippen molar-refractivity contribution in [2.45, 2.75) is 20.3 Å². The smallest absolute Gasteiger partial charge is 0.276 e. The van der Waals surface area contributed by atoms with Crippen molar-refractivity contribution in [3.05, 3.63) is 83.6 Å². The molecule has 0 bridgehead atoms. The maximum atomic E-state index is 13.2. The summed E-state index contributed by atoms with van der Waals surface area (Å²) in [5.41, 5.74) is 2.75. The van der Waals surface area contributed by atoms with E-state index in [1.807, 2.05) is 50.2 Å². The van der Waals surface area contributed by atoms with Crippen LogP contribution in [0.25, 0.3) is 6.08 Å². The molecular weight excluding hydrogens is 542 g/mol. The fourth-order valence-electron chi connectivity index (χ4n) is 4.19. The molecule has 4 rings (SSSR count). The number of thiocarbonyl (C=S) groups is 1. The molecule has 0 unspecified atom stereocenters. The lowest BCUT2D eigenvalue weighted by molar-refractivity contribution is -0.122. The van der Waals surface area contributed by atoms with Crippen LogP contribution in [0.1, 0.15) is 25.0 Å². The first-order valence-electron chi connectivity index (χ1n) is 13.3. The summed E-state index contributed by atoms with van der Waals surface area (Å²) in [7, 11) is 1.51. The van der Waals surface area contributed by atoms with Crippen molar-refractivity contribution in [1.82, 2.24) is 10.2 Å². The van der Waals surface area contributed by atoms with Crippen LogP contribution in [0.5, 0.6) is 23.0 Å². The van der Waals surface area contributed by atoms with Gasteiger partial charge in [-0.05, 0) is 86.1 Å². The zero-order valence-corrected chi connectivity index (χ0v) is 24.1. The predicted molar refractivity (Wildman–Crippen MR) is 161 cm³/mol. The number of ether oxygens (including phenoxy) is 4. The number of nitrogens with one attached hydrogen (secondary N) is 2. The maximum absolute atomic E-state index is 13.2. The highest BCUT2D eigenvalue weighted by Gasteiger charge is 2.30. The standard InChI is InChI=1S/C31H33N3O6S/c1-4-38-26-13-11-21(18-28(26)39-5-2)15-16-34-30(36)24(33-31(34)41)17-22-12-14-25(27(19-22)37-3)40-20-29(35)32-23-9-7-6-8-10-23/h6-14,17-19H,4-5,15-16,20H2,1-3H3,(H,32,35)(H,33,41)/b24-17+. The van der Waals surface area contributed by atoms with Gasteiger partial charge in [0.05, 0.1) is 20.3 Å². The van der Waals surface area contributed by atoms with Crippen LogP contribution < -0.4 is 29.6 Å². The predicted octanol–water partition coefficient (Wildman–Crippen LogP) is 4.81. The van der Waals surface area contributed by atoms with Crippen molar-refractivity contribution in [2.24, 2.45) is 0 Å². The summed E-state index contributed by atoms with van der Waals surface area (Å²) >= 11 is 5.45. The third-order valence-corrected chi connectivity index (χ3v) is 6.43. The highest BCUT2D eigenvalue weighted by atomic mass is 32.1. The minimum atomic E-state index is -0.293. The van der Waals surface area contributed by atoms with Crippen molar-refractivity contribution in [1.29, 1.82) is 0 Å². The van der Waals surface area contributed by atoms with E-state index in [0.717, 1.165) is 5.56 Å². The van der Waals surface area contributed by atoms with E-state index in [1.54, 1.807) is 36.4 Å². The number of amides is 2. The van der Waals surface area contributed by atoms with Gasteiger partial charge in [0.25, 0.3) is 11.8 Å². The average molecular weight is 576 g/mol. The van der Waals surface area contributed by atoms with E-state index in [4.69, 9.17) is 31.2 Å². The molecule has 1 heterocycles. The zero-order chi connectivity index (χ0) is 29.2. The van der Waals surface area contributed by atoms with Crippen LogP contribution in [0.15, 0.2) is 72.4 Å². The quantitative estimate of drug-likeness (QED) is 0.221. The number of methoxy groups -OCH3 is 1. The van der Waals surface area contributed by atoms with Gasteiger partial charge in [-0.3, -0.25) is 14.5 Å². The molecule has 0 saturated carbocycles.